The minimum absolute atomic E-state index is 0.0323. The van der Waals surface area contributed by atoms with Gasteiger partial charge in [-0.2, -0.15) is 0 Å². The van der Waals surface area contributed by atoms with E-state index in [9.17, 15) is 0 Å². The van der Waals surface area contributed by atoms with Crippen molar-refractivity contribution in [2.75, 3.05) is 13.7 Å². The van der Waals surface area contributed by atoms with Crippen LogP contribution in [0.4, 0.5) is 0 Å². The van der Waals surface area contributed by atoms with Crippen molar-refractivity contribution in [3.8, 4) is 5.75 Å². The highest BCUT2D eigenvalue weighted by molar-refractivity contribution is 5.34. The van der Waals surface area contributed by atoms with Crippen LogP contribution in [0.2, 0.25) is 0 Å². The highest BCUT2D eigenvalue weighted by Crippen LogP contribution is 2.36. The molecule has 1 aromatic heterocycles. The second kappa shape index (κ2) is 7.95. The molecule has 2 heterocycles. The van der Waals surface area contributed by atoms with E-state index >= 15 is 0 Å². The van der Waals surface area contributed by atoms with Gasteiger partial charge in [0.1, 0.15) is 5.75 Å². The lowest BCUT2D eigenvalue weighted by molar-refractivity contribution is 0.191. The molecule has 29 heavy (non-hydrogen) atoms. The molecule has 6 nitrogen and oxygen atoms in total. The number of hydrogen-bond acceptors (Lipinski definition) is 5. The van der Waals surface area contributed by atoms with Gasteiger partial charge in [-0.3, -0.25) is 4.90 Å². The fourth-order valence-corrected chi connectivity index (χ4v) is 4.84. The lowest BCUT2D eigenvalue weighted by Gasteiger charge is -2.35. The van der Waals surface area contributed by atoms with Gasteiger partial charge in [0, 0.05) is 13.1 Å². The first kappa shape index (κ1) is 18.3. The zero-order valence-corrected chi connectivity index (χ0v) is 16.9. The molecule has 2 aliphatic rings. The van der Waals surface area contributed by atoms with E-state index in [2.05, 4.69) is 61.5 Å². The minimum atomic E-state index is 0.0323. The van der Waals surface area contributed by atoms with Gasteiger partial charge in [-0.25, -0.2) is 4.68 Å². The van der Waals surface area contributed by atoms with Crippen LogP contribution in [0.15, 0.2) is 48.5 Å². The van der Waals surface area contributed by atoms with Crippen LogP contribution in [0.3, 0.4) is 0 Å². The van der Waals surface area contributed by atoms with Crippen LogP contribution in [-0.4, -0.2) is 38.8 Å². The molecular weight excluding hydrogens is 362 g/mol. The molecule has 0 spiro atoms. The Morgan fingerprint density at radius 2 is 1.76 bits per heavy atom. The molecule has 1 saturated carbocycles. The summed E-state index contributed by atoms with van der Waals surface area (Å²) in [5, 5.41) is 13.1. The number of methoxy groups -OCH3 is 1. The summed E-state index contributed by atoms with van der Waals surface area (Å²) in [4.78, 5) is 2.52. The number of benzene rings is 2. The maximum absolute atomic E-state index is 5.38. The topological polar surface area (TPSA) is 56.1 Å². The number of rotatable bonds is 5. The van der Waals surface area contributed by atoms with E-state index in [0.717, 1.165) is 43.9 Å². The number of fused-ring (bicyclic) bond motifs is 1. The minimum Gasteiger partial charge on any atom is -0.497 e. The Balaban J connectivity index is 1.54. The standard InChI is InChI=1S/C23H27N5O/c1-29-21-12-10-18(11-13-21)22(23-24-25-26-28(23)20-8-4-5-9-20)27-15-14-17-6-2-3-7-19(17)16-27/h2-3,6-7,10-13,20,22H,4-5,8-9,14-16H2,1H3/t22-/m1/s1. The van der Waals surface area contributed by atoms with Crippen LogP contribution in [0.5, 0.6) is 5.75 Å². The molecule has 0 saturated heterocycles. The van der Waals surface area contributed by atoms with Crippen LogP contribution in [0, 0.1) is 0 Å². The molecule has 1 atom stereocenters. The maximum atomic E-state index is 5.38. The Labute approximate surface area is 171 Å². The van der Waals surface area contributed by atoms with Gasteiger partial charge >= 0.3 is 0 Å². The predicted octanol–water partition coefficient (Wildman–Crippen LogP) is 3.94. The van der Waals surface area contributed by atoms with Gasteiger partial charge in [-0.1, -0.05) is 49.2 Å². The van der Waals surface area contributed by atoms with Gasteiger partial charge in [-0.05, 0) is 58.5 Å². The van der Waals surface area contributed by atoms with Crippen molar-refractivity contribution >= 4 is 0 Å². The van der Waals surface area contributed by atoms with Gasteiger partial charge in [0.15, 0.2) is 5.82 Å². The molecular formula is C23H27N5O. The summed E-state index contributed by atoms with van der Waals surface area (Å²) in [5.74, 6) is 1.83. The van der Waals surface area contributed by atoms with Crippen LogP contribution in [0.25, 0.3) is 0 Å². The van der Waals surface area contributed by atoms with Crippen molar-refractivity contribution in [3.63, 3.8) is 0 Å². The summed E-state index contributed by atoms with van der Waals surface area (Å²) >= 11 is 0. The molecule has 5 rings (SSSR count). The van der Waals surface area contributed by atoms with Crippen molar-refractivity contribution < 1.29 is 4.74 Å². The zero-order valence-electron chi connectivity index (χ0n) is 16.9. The molecule has 0 radical (unpaired) electrons. The largest absolute Gasteiger partial charge is 0.497 e. The summed E-state index contributed by atoms with van der Waals surface area (Å²) in [6.45, 7) is 1.90. The molecule has 1 fully saturated rings. The van der Waals surface area contributed by atoms with E-state index in [1.165, 1.54) is 29.5 Å². The van der Waals surface area contributed by atoms with Gasteiger partial charge in [-0.15, -0.1) is 5.10 Å². The van der Waals surface area contributed by atoms with E-state index < -0.39 is 0 Å². The number of aromatic nitrogens is 4. The van der Waals surface area contributed by atoms with Crippen LogP contribution in [-0.2, 0) is 13.0 Å². The highest BCUT2D eigenvalue weighted by Gasteiger charge is 2.32. The first-order valence-corrected chi connectivity index (χ1v) is 10.6. The van der Waals surface area contributed by atoms with E-state index in [-0.39, 0.29) is 6.04 Å². The van der Waals surface area contributed by atoms with Gasteiger partial charge < -0.3 is 4.74 Å². The Bertz CT molecular complexity index is 961. The van der Waals surface area contributed by atoms with Crippen LogP contribution < -0.4 is 4.74 Å². The van der Waals surface area contributed by atoms with E-state index in [0.29, 0.717) is 6.04 Å². The molecule has 0 amide bonds. The molecule has 2 aromatic carbocycles. The van der Waals surface area contributed by atoms with Crippen molar-refractivity contribution in [2.24, 2.45) is 0 Å². The monoisotopic (exact) mass is 389 g/mol. The molecule has 1 aliphatic carbocycles. The van der Waals surface area contributed by atoms with Crippen molar-refractivity contribution in [2.45, 2.75) is 50.7 Å². The van der Waals surface area contributed by atoms with E-state index in [1.807, 2.05) is 12.1 Å². The first-order chi connectivity index (χ1) is 14.3. The predicted molar refractivity (Wildman–Crippen MR) is 111 cm³/mol. The normalized spacial score (nSPS) is 18.5. The molecule has 3 aromatic rings. The van der Waals surface area contributed by atoms with Gasteiger partial charge in [0.2, 0.25) is 0 Å². The second-order valence-electron chi connectivity index (χ2n) is 8.08. The molecule has 0 unspecified atom stereocenters. The molecule has 150 valence electrons. The van der Waals surface area contributed by atoms with E-state index in [4.69, 9.17) is 4.74 Å². The second-order valence-corrected chi connectivity index (χ2v) is 8.08. The summed E-state index contributed by atoms with van der Waals surface area (Å²) in [6, 6.07) is 17.6. The maximum Gasteiger partial charge on any atom is 0.173 e. The van der Waals surface area contributed by atoms with Crippen molar-refractivity contribution in [1.29, 1.82) is 0 Å². The third-order valence-corrected chi connectivity index (χ3v) is 6.39. The fraction of sp³-hybridized carbons (Fsp3) is 0.435. The van der Waals surface area contributed by atoms with Crippen molar-refractivity contribution in [1.82, 2.24) is 25.1 Å². The average Bonchev–Trinajstić information content (AvgIpc) is 3.46. The molecule has 0 bridgehead atoms. The van der Waals surface area contributed by atoms with Gasteiger partial charge in [0.25, 0.3) is 0 Å². The zero-order chi connectivity index (χ0) is 19.6. The highest BCUT2D eigenvalue weighted by atomic mass is 16.5. The Morgan fingerprint density at radius 3 is 2.52 bits per heavy atom. The van der Waals surface area contributed by atoms with Crippen molar-refractivity contribution in [3.05, 3.63) is 71.0 Å². The van der Waals surface area contributed by atoms with Gasteiger partial charge in [0.05, 0.1) is 19.2 Å². The van der Waals surface area contributed by atoms with Crippen LogP contribution in [0.1, 0.15) is 60.3 Å². The SMILES string of the molecule is COc1ccc([C@H](c2nnnn2C2CCCC2)N2CCc3ccccc3C2)cc1. The number of nitrogens with zero attached hydrogens (tertiary/aromatic N) is 5. The smallest absolute Gasteiger partial charge is 0.173 e. The van der Waals surface area contributed by atoms with Crippen LogP contribution >= 0.6 is 0 Å². The average molecular weight is 390 g/mol. The first-order valence-electron chi connectivity index (χ1n) is 10.6. The number of tetrazole rings is 1. The number of ether oxygens (including phenoxy) is 1. The Morgan fingerprint density at radius 1 is 1.00 bits per heavy atom. The quantitative estimate of drug-likeness (QED) is 0.661. The Hall–Kier alpha value is -2.73. The fourth-order valence-electron chi connectivity index (χ4n) is 4.84. The molecule has 6 heteroatoms. The van der Waals surface area contributed by atoms with E-state index in [1.54, 1.807) is 7.11 Å². The summed E-state index contributed by atoms with van der Waals surface area (Å²) in [7, 11) is 1.70. The molecule has 1 aliphatic heterocycles. The summed E-state index contributed by atoms with van der Waals surface area (Å²) in [5.41, 5.74) is 4.06. The lowest BCUT2D eigenvalue weighted by atomic mass is 9.96. The lowest BCUT2D eigenvalue weighted by Crippen LogP contribution is -2.36. The Kier molecular flexibility index (Phi) is 5.02. The third-order valence-electron chi connectivity index (χ3n) is 6.39. The number of hydrogen-bond donors (Lipinski definition) is 0. The summed E-state index contributed by atoms with van der Waals surface area (Å²) < 4.78 is 7.48. The summed E-state index contributed by atoms with van der Waals surface area (Å²) in [6.07, 6.45) is 5.89. The molecule has 0 N–H and O–H groups in total. The third kappa shape index (κ3) is 3.53.